The second-order valence-corrected chi connectivity index (χ2v) is 1.68. The Morgan fingerprint density at radius 1 is 1.78 bits per heavy atom. The van der Waals surface area contributed by atoms with E-state index in [9.17, 15) is 0 Å². The maximum absolute atomic E-state index is 8.36. The smallest absolute Gasteiger partial charge is 0.0772 e. The third kappa shape index (κ3) is 5.10. The summed E-state index contributed by atoms with van der Waals surface area (Å²) in [4.78, 5) is 4.28. The van der Waals surface area contributed by atoms with E-state index in [2.05, 4.69) is 10.0 Å². The number of azide groups is 1. The normalized spacial score (nSPS) is 9.22. The highest BCUT2D eigenvalue weighted by Gasteiger charge is 1.90. The third-order valence-electron chi connectivity index (χ3n) is 0.850. The second kappa shape index (κ2) is 5.37. The van der Waals surface area contributed by atoms with E-state index in [0.29, 0.717) is 13.2 Å². The molecule has 0 radical (unpaired) electrons. The number of likely N-dealkylation sites (N-methyl/N-ethyl adjacent to an activating group) is 1. The van der Waals surface area contributed by atoms with Gasteiger partial charge in [0.1, 0.15) is 0 Å². The van der Waals surface area contributed by atoms with Crippen LogP contribution >= 0.6 is 0 Å². The largest absolute Gasteiger partial charge is 0.395 e. The fraction of sp³-hybridized carbons (Fsp3) is 1.00. The summed E-state index contributed by atoms with van der Waals surface area (Å²) in [5, 5.41) is 11.6. The Morgan fingerprint density at radius 3 is 2.89 bits per heavy atom. The number of rotatable bonds is 4. The molecular weight excluding hydrogens is 120 g/mol. The molecule has 0 bridgehead atoms. The Bertz CT molecular complexity index is 109. The molecule has 0 amide bonds. The van der Waals surface area contributed by atoms with Gasteiger partial charge in [0.25, 0.3) is 0 Å². The molecule has 0 aromatic rings. The summed E-state index contributed by atoms with van der Waals surface area (Å²) in [7, 11) is 1.77. The van der Waals surface area contributed by atoms with Crippen LogP contribution < -0.4 is 0 Å². The molecule has 5 heteroatoms. The van der Waals surface area contributed by atoms with Gasteiger partial charge in [0, 0.05) is 11.5 Å². The van der Waals surface area contributed by atoms with E-state index in [4.69, 9.17) is 10.6 Å². The molecule has 0 aromatic carbocycles. The Labute approximate surface area is 53.5 Å². The van der Waals surface area contributed by atoms with Crippen molar-refractivity contribution < 1.29 is 5.11 Å². The first kappa shape index (κ1) is 8.23. The van der Waals surface area contributed by atoms with Gasteiger partial charge in [-0.25, -0.2) is 0 Å². The van der Waals surface area contributed by atoms with Crippen LogP contribution in [-0.4, -0.2) is 36.9 Å². The minimum Gasteiger partial charge on any atom is -0.395 e. The summed E-state index contributed by atoms with van der Waals surface area (Å²) in [6.45, 7) is 0.952. The van der Waals surface area contributed by atoms with Crippen molar-refractivity contribution in [2.75, 3.05) is 26.9 Å². The number of nitrogens with zero attached hydrogens (tertiary/aromatic N) is 4. The van der Waals surface area contributed by atoms with Crippen LogP contribution in [0.4, 0.5) is 0 Å². The highest BCUT2D eigenvalue weighted by molar-refractivity contribution is 4.47. The lowest BCUT2D eigenvalue weighted by molar-refractivity contribution is 0.224. The van der Waals surface area contributed by atoms with Gasteiger partial charge in [0.15, 0.2) is 0 Å². The average molecular weight is 130 g/mol. The van der Waals surface area contributed by atoms with Crippen LogP contribution in [0.1, 0.15) is 0 Å². The molecule has 9 heavy (non-hydrogen) atoms. The summed E-state index contributed by atoms with van der Waals surface area (Å²) in [5.41, 5.74) is 7.85. The quantitative estimate of drug-likeness (QED) is 0.335. The second-order valence-electron chi connectivity index (χ2n) is 1.68. The Kier molecular flexibility index (Phi) is 4.91. The molecule has 0 unspecified atom stereocenters. The van der Waals surface area contributed by atoms with Gasteiger partial charge in [-0.1, -0.05) is 5.11 Å². The summed E-state index contributed by atoms with van der Waals surface area (Å²) >= 11 is 0. The molecule has 0 aliphatic rings. The van der Waals surface area contributed by atoms with Crippen LogP contribution in [0.5, 0.6) is 0 Å². The van der Waals surface area contributed by atoms with Crippen LogP contribution in [0.25, 0.3) is 10.4 Å². The van der Waals surface area contributed by atoms with E-state index in [1.807, 2.05) is 0 Å². The fourth-order valence-corrected chi connectivity index (χ4v) is 0.378. The van der Waals surface area contributed by atoms with Crippen molar-refractivity contribution in [3.8, 4) is 0 Å². The third-order valence-corrected chi connectivity index (χ3v) is 0.850. The predicted molar refractivity (Wildman–Crippen MR) is 33.7 cm³/mol. The van der Waals surface area contributed by atoms with Crippen molar-refractivity contribution in [2.24, 2.45) is 5.11 Å². The van der Waals surface area contributed by atoms with Crippen LogP contribution in [0.2, 0.25) is 0 Å². The van der Waals surface area contributed by atoms with Gasteiger partial charge in [-0.3, -0.25) is 4.90 Å². The summed E-state index contributed by atoms with van der Waals surface area (Å²) < 4.78 is 0. The first-order valence-corrected chi connectivity index (χ1v) is 2.61. The van der Waals surface area contributed by atoms with Gasteiger partial charge in [-0.15, -0.1) is 0 Å². The molecule has 0 saturated heterocycles. The van der Waals surface area contributed by atoms with Gasteiger partial charge in [-0.05, 0) is 12.6 Å². The zero-order chi connectivity index (χ0) is 7.11. The molecule has 0 aliphatic heterocycles. The lowest BCUT2D eigenvalue weighted by Gasteiger charge is -2.09. The predicted octanol–water partition coefficient (Wildman–Crippen LogP) is 0.178. The van der Waals surface area contributed by atoms with E-state index < -0.39 is 0 Å². The Balaban J connectivity index is 3.25. The molecule has 0 fully saturated rings. The molecule has 5 nitrogen and oxygen atoms in total. The maximum Gasteiger partial charge on any atom is 0.0772 e. The topological polar surface area (TPSA) is 72.2 Å². The van der Waals surface area contributed by atoms with Gasteiger partial charge in [0.05, 0.1) is 13.3 Å². The van der Waals surface area contributed by atoms with Crippen molar-refractivity contribution in [3.63, 3.8) is 0 Å². The molecule has 0 spiro atoms. The highest BCUT2D eigenvalue weighted by Crippen LogP contribution is 1.80. The zero-order valence-corrected chi connectivity index (χ0v) is 5.36. The monoisotopic (exact) mass is 130 g/mol. The van der Waals surface area contributed by atoms with Crippen LogP contribution in [0.15, 0.2) is 5.11 Å². The molecule has 0 aromatic heterocycles. The lowest BCUT2D eigenvalue weighted by atomic mass is 10.6. The molecule has 0 rings (SSSR count). The number of hydrogen-bond acceptors (Lipinski definition) is 3. The standard InChI is InChI=1S/C4H10N4O/c1-8(2-3-9)4-6-7-5/h9H,2-4H2,1H3. The molecule has 52 valence electrons. The van der Waals surface area contributed by atoms with Crippen LogP contribution in [0, 0.1) is 0 Å². The van der Waals surface area contributed by atoms with Crippen molar-refractivity contribution in [3.05, 3.63) is 10.4 Å². The van der Waals surface area contributed by atoms with Gasteiger partial charge in [-0.2, -0.15) is 0 Å². The number of hydrogen-bond donors (Lipinski definition) is 1. The highest BCUT2D eigenvalue weighted by atomic mass is 16.3. The summed E-state index contributed by atoms with van der Waals surface area (Å²) in [5.74, 6) is 0. The molecule has 0 heterocycles. The van der Waals surface area contributed by atoms with Gasteiger partial charge < -0.3 is 5.11 Å². The van der Waals surface area contributed by atoms with E-state index in [0.717, 1.165) is 0 Å². The van der Waals surface area contributed by atoms with E-state index in [1.165, 1.54) is 0 Å². The summed E-state index contributed by atoms with van der Waals surface area (Å²) in [6, 6.07) is 0. The lowest BCUT2D eigenvalue weighted by Crippen LogP contribution is -2.21. The Hall–Kier alpha value is -0.770. The first-order chi connectivity index (χ1) is 4.31. The van der Waals surface area contributed by atoms with Crippen molar-refractivity contribution in [1.82, 2.24) is 4.90 Å². The van der Waals surface area contributed by atoms with Gasteiger partial charge >= 0.3 is 0 Å². The molecular formula is C4H10N4O. The molecule has 0 atom stereocenters. The van der Waals surface area contributed by atoms with Gasteiger partial charge in [0.2, 0.25) is 0 Å². The minimum atomic E-state index is 0.0947. The zero-order valence-electron chi connectivity index (χ0n) is 5.36. The van der Waals surface area contributed by atoms with E-state index in [-0.39, 0.29) is 6.61 Å². The van der Waals surface area contributed by atoms with E-state index >= 15 is 0 Å². The maximum atomic E-state index is 8.36. The van der Waals surface area contributed by atoms with Crippen molar-refractivity contribution in [1.29, 1.82) is 0 Å². The SMILES string of the molecule is CN(CCO)CN=[N+]=[N-]. The summed E-state index contributed by atoms with van der Waals surface area (Å²) in [6.07, 6.45) is 0. The average Bonchev–Trinajstić information content (AvgIpc) is 1.85. The van der Waals surface area contributed by atoms with Crippen molar-refractivity contribution >= 4 is 0 Å². The minimum absolute atomic E-state index is 0.0947. The van der Waals surface area contributed by atoms with Crippen LogP contribution in [0.3, 0.4) is 0 Å². The molecule has 0 aliphatic carbocycles. The molecule has 0 saturated carbocycles. The number of aliphatic hydroxyl groups excluding tert-OH is 1. The van der Waals surface area contributed by atoms with E-state index in [1.54, 1.807) is 11.9 Å². The van der Waals surface area contributed by atoms with Crippen molar-refractivity contribution in [2.45, 2.75) is 0 Å². The first-order valence-electron chi connectivity index (χ1n) is 2.61. The van der Waals surface area contributed by atoms with Crippen LogP contribution in [-0.2, 0) is 0 Å². The number of aliphatic hydroxyl groups is 1. The Morgan fingerprint density at radius 2 is 2.44 bits per heavy atom. The molecule has 1 N–H and O–H groups in total. The fourth-order valence-electron chi connectivity index (χ4n) is 0.378.